The maximum Gasteiger partial charge on any atom is 0.217 e. The molecule has 0 aromatic rings. The van der Waals surface area contributed by atoms with Crippen LogP contribution in [-0.2, 0) is 4.79 Å². The number of amidine groups is 1. The SMILES string of the molecule is CC(C)CCCCCCCCCCCCCCC(N)=O.CCC1(CC)CNC(CCCCCCCCCCCCCCCC(C)C)=N1. The quantitative estimate of drug-likeness (QED) is 0.0687. The van der Waals surface area contributed by atoms with Crippen LogP contribution in [0, 0.1) is 11.8 Å². The van der Waals surface area contributed by atoms with Crippen molar-refractivity contribution in [2.75, 3.05) is 6.54 Å². The highest BCUT2D eigenvalue weighted by atomic mass is 16.1. The number of nitrogens with two attached hydrogens (primary N) is 1. The van der Waals surface area contributed by atoms with Crippen LogP contribution in [0.1, 0.15) is 241 Å². The Bertz CT molecular complexity index is 697. The third kappa shape index (κ3) is 31.9. The van der Waals surface area contributed by atoms with Crippen molar-refractivity contribution in [3.05, 3.63) is 0 Å². The van der Waals surface area contributed by atoms with Crippen LogP contribution in [-0.4, -0.2) is 23.8 Å². The van der Waals surface area contributed by atoms with Crippen LogP contribution in [0.15, 0.2) is 4.99 Å². The number of unbranched alkanes of at least 4 members (excludes halogenated alkanes) is 23. The highest BCUT2D eigenvalue weighted by Crippen LogP contribution is 2.24. The van der Waals surface area contributed by atoms with Gasteiger partial charge in [-0.3, -0.25) is 9.79 Å². The van der Waals surface area contributed by atoms with Crippen molar-refractivity contribution in [1.82, 2.24) is 5.32 Å². The average molecular weight is 662 g/mol. The van der Waals surface area contributed by atoms with Gasteiger partial charge in [-0.1, -0.05) is 202 Å². The largest absolute Gasteiger partial charge is 0.371 e. The number of hydrogen-bond acceptors (Lipinski definition) is 3. The van der Waals surface area contributed by atoms with E-state index in [2.05, 4.69) is 46.9 Å². The van der Waals surface area contributed by atoms with Crippen molar-refractivity contribution >= 4 is 11.7 Å². The predicted molar refractivity (Wildman–Crippen MR) is 212 cm³/mol. The summed E-state index contributed by atoms with van der Waals surface area (Å²) in [5.74, 6) is 2.89. The second-order valence-corrected chi connectivity index (χ2v) is 16.0. The Morgan fingerprint density at radius 2 is 0.894 bits per heavy atom. The Morgan fingerprint density at radius 3 is 1.19 bits per heavy atom. The molecule has 0 bridgehead atoms. The number of nitrogens with zero attached hydrogens (tertiary/aromatic N) is 1. The van der Waals surface area contributed by atoms with E-state index >= 15 is 0 Å². The molecular weight excluding hydrogens is 574 g/mol. The van der Waals surface area contributed by atoms with Gasteiger partial charge in [-0.15, -0.1) is 0 Å². The molecular formula is C43H87N3O. The molecule has 1 aliphatic heterocycles. The lowest BCUT2D eigenvalue weighted by molar-refractivity contribution is -0.118. The molecule has 0 radical (unpaired) electrons. The molecule has 0 atom stereocenters. The fourth-order valence-corrected chi connectivity index (χ4v) is 6.84. The second-order valence-electron chi connectivity index (χ2n) is 16.0. The molecule has 1 amide bonds. The van der Waals surface area contributed by atoms with Crippen molar-refractivity contribution in [2.24, 2.45) is 22.6 Å². The zero-order chi connectivity index (χ0) is 34.9. The summed E-state index contributed by atoms with van der Waals surface area (Å²) >= 11 is 0. The standard InChI is InChI=1S/C25H50N2.C18H37NO/c1-5-25(6-2)22-26-24(27-25)21-19-17-15-13-11-9-7-8-10-12-14-16-18-20-23(3)4;1-17(2)15-13-11-9-7-5-3-4-6-8-10-12-14-16-18(19)20/h23H,5-22H2,1-4H3,(H,26,27);17H,3-16H2,1-2H3,(H2,19,20). The van der Waals surface area contributed by atoms with Gasteiger partial charge in [-0.05, 0) is 37.5 Å². The number of primary amides is 1. The lowest BCUT2D eigenvalue weighted by Crippen LogP contribution is -2.31. The van der Waals surface area contributed by atoms with E-state index in [1.165, 1.54) is 179 Å². The number of amides is 1. The van der Waals surface area contributed by atoms with Gasteiger partial charge in [0.25, 0.3) is 0 Å². The van der Waals surface area contributed by atoms with Crippen molar-refractivity contribution in [1.29, 1.82) is 0 Å². The summed E-state index contributed by atoms with van der Waals surface area (Å²) in [6, 6.07) is 0. The lowest BCUT2D eigenvalue weighted by atomic mass is 9.95. The lowest BCUT2D eigenvalue weighted by Gasteiger charge is -2.20. The van der Waals surface area contributed by atoms with Gasteiger partial charge >= 0.3 is 0 Å². The summed E-state index contributed by atoms with van der Waals surface area (Å²) in [4.78, 5) is 15.5. The minimum atomic E-state index is -0.154. The first-order valence-corrected chi connectivity index (χ1v) is 21.4. The molecule has 1 aliphatic rings. The van der Waals surface area contributed by atoms with E-state index in [0.717, 1.165) is 37.6 Å². The molecule has 0 aromatic heterocycles. The first kappa shape index (κ1) is 45.9. The molecule has 0 aliphatic carbocycles. The van der Waals surface area contributed by atoms with Gasteiger partial charge in [0.2, 0.25) is 5.91 Å². The molecule has 1 rings (SSSR count). The number of carbonyl (C=O) groups is 1. The molecule has 0 spiro atoms. The van der Waals surface area contributed by atoms with Gasteiger partial charge in [0.05, 0.1) is 11.4 Å². The summed E-state index contributed by atoms with van der Waals surface area (Å²) in [6.07, 6.45) is 41.6. The zero-order valence-electron chi connectivity index (χ0n) is 33.2. The van der Waals surface area contributed by atoms with Gasteiger partial charge in [-0.25, -0.2) is 0 Å². The summed E-state index contributed by atoms with van der Waals surface area (Å²) < 4.78 is 0. The number of hydrogen-bond donors (Lipinski definition) is 2. The Kier molecular flexibility index (Phi) is 32.7. The Balaban J connectivity index is 0.000000945. The molecule has 4 heteroatoms. The Hall–Kier alpha value is -1.06. The van der Waals surface area contributed by atoms with Crippen LogP contribution >= 0.6 is 0 Å². The highest BCUT2D eigenvalue weighted by molar-refractivity contribution is 5.84. The minimum absolute atomic E-state index is 0.154. The molecule has 0 unspecified atom stereocenters. The van der Waals surface area contributed by atoms with Crippen LogP contribution in [0.2, 0.25) is 0 Å². The number of carbonyl (C=O) groups excluding carboxylic acids is 1. The highest BCUT2D eigenvalue weighted by Gasteiger charge is 2.30. The summed E-state index contributed by atoms with van der Waals surface area (Å²) in [5, 5.41) is 3.55. The van der Waals surface area contributed by atoms with Crippen LogP contribution in [0.4, 0.5) is 0 Å². The van der Waals surface area contributed by atoms with Gasteiger partial charge in [-0.2, -0.15) is 0 Å². The van der Waals surface area contributed by atoms with Gasteiger partial charge in [0.1, 0.15) is 0 Å². The summed E-state index contributed by atoms with van der Waals surface area (Å²) in [7, 11) is 0. The fourth-order valence-electron chi connectivity index (χ4n) is 6.84. The summed E-state index contributed by atoms with van der Waals surface area (Å²) in [6.45, 7) is 14.9. The van der Waals surface area contributed by atoms with E-state index in [1.807, 2.05) is 0 Å². The maximum absolute atomic E-state index is 10.6. The molecule has 4 nitrogen and oxygen atoms in total. The molecule has 3 N–H and O–H groups in total. The smallest absolute Gasteiger partial charge is 0.217 e. The van der Waals surface area contributed by atoms with Crippen LogP contribution in [0.5, 0.6) is 0 Å². The second kappa shape index (κ2) is 33.4. The van der Waals surface area contributed by atoms with E-state index in [-0.39, 0.29) is 11.4 Å². The predicted octanol–water partition coefficient (Wildman–Crippen LogP) is 13.6. The van der Waals surface area contributed by atoms with Gasteiger partial charge in [0, 0.05) is 19.4 Å². The van der Waals surface area contributed by atoms with E-state index in [4.69, 9.17) is 10.7 Å². The van der Waals surface area contributed by atoms with E-state index < -0.39 is 0 Å². The molecule has 0 fully saturated rings. The molecule has 0 saturated heterocycles. The molecule has 1 heterocycles. The Labute approximate surface area is 296 Å². The van der Waals surface area contributed by atoms with Crippen molar-refractivity contribution < 1.29 is 4.79 Å². The third-order valence-electron chi connectivity index (χ3n) is 10.5. The first-order chi connectivity index (χ1) is 22.7. The van der Waals surface area contributed by atoms with Crippen LogP contribution in [0.25, 0.3) is 0 Å². The van der Waals surface area contributed by atoms with Crippen LogP contribution < -0.4 is 11.1 Å². The zero-order valence-corrected chi connectivity index (χ0v) is 33.2. The van der Waals surface area contributed by atoms with Gasteiger partial charge in [0.15, 0.2) is 0 Å². The number of rotatable bonds is 33. The van der Waals surface area contributed by atoms with E-state index in [9.17, 15) is 4.79 Å². The molecule has 0 saturated carbocycles. The fraction of sp³-hybridized carbons (Fsp3) is 0.953. The van der Waals surface area contributed by atoms with Gasteiger partial charge < -0.3 is 11.1 Å². The van der Waals surface area contributed by atoms with E-state index in [1.54, 1.807) is 0 Å². The number of nitrogens with one attached hydrogen (secondary N) is 1. The third-order valence-corrected chi connectivity index (χ3v) is 10.5. The monoisotopic (exact) mass is 662 g/mol. The Morgan fingerprint density at radius 1 is 0.574 bits per heavy atom. The maximum atomic E-state index is 10.6. The van der Waals surface area contributed by atoms with Crippen molar-refractivity contribution in [3.63, 3.8) is 0 Å². The minimum Gasteiger partial charge on any atom is -0.371 e. The first-order valence-electron chi connectivity index (χ1n) is 21.4. The van der Waals surface area contributed by atoms with Crippen LogP contribution in [0.3, 0.4) is 0 Å². The molecule has 0 aromatic carbocycles. The van der Waals surface area contributed by atoms with Crippen molar-refractivity contribution in [3.8, 4) is 0 Å². The average Bonchev–Trinajstić information content (AvgIpc) is 3.47. The number of aliphatic imine (C=N–C) groups is 1. The summed E-state index contributed by atoms with van der Waals surface area (Å²) in [5.41, 5.74) is 5.32. The topological polar surface area (TPSA) is 67.5 Å². The van der Waals surface area contributed by atoms with Crippen molar-refractivity contribution in [2.45, 2.75) is 246 Å². The van der Waals surface area contributed by atoms with E-state index in [0.29, 0.717) is 6.42 Å². The molecule has 280 valence electrons. The normalized spacial score (nSPS) is 13.9. The molecule has 47 heavy (non-hydrogen) atoms.